The summed E-state index contributed by atoms with van der Waals surface area (Å²) in [7, 11) is 0. The van der Waals surface area contributed by atoms with Gasteiger partial charge in [0.05, 0.1) is 6.61 Å². The van der Waals surface area contributed by atoms with Crippen LogP contribution in [-0.2, 0) is 20.8 Å². The van der Waals surface area contributed by atoms with Gasteiger partial charge in [0, 0.05) is 45.8 Å². The van der Waals surface area contributed by atoms with Crippen LogP contribution in [-0.4, -0.2) is 66.5 Å². The lowest BCUT2D eigenvalue weighted by Crippen LogP contribution is -2.49. The summed E-state index contributed by atoms with van der Waals surface area (Å²) in [5.41, 5.74) is 1.31. The largest absolute Gasteiger partial charge is 0.459 e. The first-order chi connectivity index (χ1) is 15.2. The maximum absolute atomic E-state index is 13.2. The number of hydrogen-bond donors (Lipinski definition) is 1. The molecule has 0 spiro atoms. The molecule has 4 rings (SSSR count). The number of carbonyl (C=O) groups excluding carboxylic acids is 1. The molecule has 2 aliphatic heterocycles. The Hall–Kier alpha value is -1.89. The highest BCUT2D eigenvalue weighted by molar-refractivity contribution is 5.91. The average molecular weight is 429 g/mol. The molecule has 6 heteroatoms. The number of aliphatic hydroxyl groups excluding tert-OH is 1. The van der Waals surface area contributed by atoms with Gasteiger partial charge >= 0.3 is 0 Å². The zero-order valence-electron chi connectivity index (χ0n) is 18.5. The fourth-order valence-electron chi connectivity index (χ4n) is 4.67. The maximum Gasteiger partial charge on any atom is 0.288 e. The minimum absolute atomic E-state index is 0.00680. The van der Waals surface area contributed by atoms with Crippen LogP contribution >= 0.6 is 0 Å². The summed E-state index contributed by atoms with van der Waals surface area (Å²) in [6, 6.07) is 10.5. The summed E-state index contributed by atoms with van der Waals surface area (Å²) < 4.78 is 12.0. The van der Waals surface area contributed by atoms with Crippen LogP contribution in [0.4, 0.5) is 0 Å². The third-order valence-electron chi connectivity index (χ3n) is 6.82. The average Bonchev–Trinajstić information content (AvgIpc) is 2.76. The minimum atomic E-state index is -0.354. The van der Waals surface area contributed by atoms with Crippen molar-refractivity contribution >= 4 is 5.91 Å². The van der Waals surface area contributed by atoms with Crippen LogP contribution in [0.1, 0.15) is 44.1 Å². The van der Waals surface area contributed by atoms with Gasteiger partial charge < -0.3 is 19.5 Å². The van der Waals surface area contributed by atoms with Crippen molar-refractivity contribution in [3.63, 3.8) is 0 Å². The zero-order valence-corrected chi connectivity index (χ0v) is 18.5. The van der Waals surface area contributed by atoms with E-state index in [1.807, 2.05) is 11.0 Å². The molecule has 6 nitrogen and oxygen atoms in total. The molecule has 170 valence electrons. The highest BCUT2D eigenvalue weighted by atomic mass is 16.7. The van der Waals surface area contributed by atoms with Crippen molar-refractivity contribution in [2.75, 3.05) is 39.4 Å². The molecule has 0 aromatic heterocycles. The maximum atomic E-state index is 13.2. The van der Waals surface area contributed by atoms with Crippen molar-refractivity contribution in [2.45, 2.75) is 51.4 Å². The van der Waals surface area contributed by atoms with Gasteiger partial charge in [-0.2, -0.15) is 0 Å². The van der Waals surface area contributed by atoms with Crippen LogP contribution in [0.5, 0.6) is 0 Å². The third-order valence-corrected chi connectivity index (χ3v) is 6.82. The van der Waals surface area contributed by atoms with E-state index in [4.69, 9.17) is 14.6 Å². The molecule has 1 saturated carbocycles. The molecule has 1 aromatic carbocycles. The number of piperazine rings is 1. The topological polar surface area (TPSA) is 62.2 Å². The fraction of sp³-hybridized carbons (Fsp3) is 0.640. The second-order valence-corrected chi connectivity index (χ2v) is 9.02. The molecule has 31 heavy (non-hydrogen) atoms. The van der Waals surface area contributed by atoms with Crippen molar-refractivity contribution < 1.29 is 19.4 Å². The Morgan fingerprint density at radius 1 is 1.10 bits per heavy atom. The standard InChI is InChI=1S/C25H36N2O4/c28-15-4-5-16-30-24-18-22(21-9-6-10-21)17-23(31-24)25(29)27-13-11-26(12-14-27)19-20-7-2-1-3-8-20/h1-3,7-8,17,21-22,24,28H,4-6,9-16,18-19H2/t22-,24+/m0/s1. The van der Waals surface area contributed by atoms with Crippen LogP contribution in [0.25, 0.3) is 0 Å². The van der Waals surface area contributed by atoms with Crippen LogP contribution in [0, 0.1) is 11.8 Å². The van der Waals surface area contributed by atoms with E-state index in [-0.39, 0.29) is 18.8 Å². The quantitative estimate of drug-likeness (QED) is 0.612. The molecule has 0 radical (unpaired) electrons. The third kappa shape index (κ3) is 6.09. The van der Waals surface area contributed by atoms with E-state index in [1.54, 1.807) is 0 Å². The molecule has 1 saturated heterocycles. The Labute approximate surface area is 185 Å². The van der Waals surface area contributed by atoms with E-state index >= 15 is 0 Å². The number of amides is 1. The summed E-state index contributed by atoms with van der Waals surface area (Å²) >= 11 is 0. The molecular formula is C25H36N2O4. The van der Waals surface area contributed by atoms with Gasteiger partial charge in [-0.05, 0) is 49.2 Å². The van der Waals surface area contributed by atoms with Gasteiger partial charge in [-0.25, -0.2) is 0 Å². The molecule has 1 N–H and O–H groups in total. The predicted molar refractivity (Wildman–Crippen MR) is 119 cm³/mol. The summed E-state index contributed by atoms with van der Waals surface area (Å²) in [5, 5.41) is 8.97. The van der Waals surface area contributed by atoms with Crippen molar-refractivity contribution in [1.29, 1.82) is 0 Å². The Morgan fingerprint density at radius 3 is 2.55 bits per heavy atom. The highest BCUT2D eigenvalue weighted by Gasteiger charge is 2.36. The van der Waals surface area contributed by atoms with E-state index in [0.29, 0.717) is 24.2 Å². The molecule has 1 aromatic rings. The molecule has 1 amide bonds. The van der Waals surface area contributed by atoms with Crippen molar-refractivity contribution in [3.05, 3.63) is 47.7 Å². The summed E-state index contributed by atoms with van der Waals surface area (Å²) in [5.74, 6) is 1.50. The monoisotopic (exact) mass is 428 g/mol. The number of unbranched alkanes of at least 4 members (excludes halogenated alkanes) is 1. The number of carbonyl (C=O) groups is 1. The molecule has 2 fully saturated rings. The SMILES string of the molecule is O=C(C1=C[C@H](C2CCC2)C[C@H](OCCCCO)O1)N1CCN(Cc2ccccc2)CC1. The number of benzene rings is 1. The van der Waals surface area contributed by atoms with Crippen molar-refractivity contribution in [3.8, 4) is 0 Å². The van der Waals surface area contributed by atoms with Crippen molar-refractivity contribution in [1.82, 2.24) is 9.80 Å². The van der Waals surface area contributed by atoms with Gasteiger partial charge in [0.2, 0.25) is 6.29 Å². The molecule has 0 unspecified atom stereocenters. The van der Waals surface area contributed by atoms with Crippen LogP contribution < -0.4 is 0 Å². The van der Waals surface area contributed by atoms with Gasteiger partial charge in [0.25, 0.3) is 5.91 Å². The molecule has 1 aliphatic carbocycles. The van der Waals surface area contributed by atoms with E-state index in [1.165, 1.54) is 24.8 Å². The summed E-state index contributed by atoms with van der Waals surface area (Å²) in [4.78, 5) is 17.6. The molecule has 3 aliphatic rings. The number of hydrogen-bond acceptors (Lipinski definition) is 5. The first-order valence-corrected chi connectivity index (χ1v) is 11.9. The van der Waals surface area contributed by atoms with Gasteiger partial charge in [0.1, 0.15) is 0 Å². The number of nitrogens with zero attached hydrogens (tertiary/aromatic N) is 2. The smallest absolute Gasteiger partial charge is 0.288 e. The lowest BCUT2D eigenvalue weighted by atomic mass is 9.73. The first kappa shape index (κ1) is 22.3. The lowest BCUT2D eigenvalue weighted by molar-refractivity contribution is -0.158. The van der Waals surface area contributed by atoms with Crippen molar-refractivity contribution in [2.24, 2.45) is 11.8 Å². The fourth-order valence-corrected chi connectivity index (χ4v) is 4.67. The highest BCUT2D eigenvalue weighted by Crippen LogP contribution is 2.40. The second-order valence-electron chi connectivity index (χ2n) is 9.02. The summed E-state index contributed by atoms with van der Waals surface area (Å²) in [6.07, 6.45) is 7.84. The van der Waals surface area contributed by atoms with E-state index < -0.39 is 0 Å². The van der Waals surface area contributed by atoms with Gasteiger partial charge in [-0.1, -0.05) is 36.8 Å². The normalized spacial score (nSPS) is 24.9. The Morgan fingerprint density at radius 2 is 1.87 bits per heavy atom. The zero-order chi connectivity index (χ0) is 21.5. The van der Waals surface area contributed by atoms with Crippen LogP contribution in [0.2, 0.25) is 0 Å². The van der Waals surface area contributed by atoms with Gasteiger partial charge in [-0.15, -0.1) is 0 Å². The molecule has 2 heterocycles. The van der Waals surface area contributed by atoms with Gasteiger partial charge in [0.15, 0.2) is 5.76 Å². The molecular weight excluding hydrogens is 392 g/mol. The van der Waals surface area contributed by atoms with E-state index in [2.05, 4.69) is 35.2 Å². The summed E-state index contributed by atoms with van der Waals surface area (Å²) in [6.45, 7) is 4.87. The second kappa shape index (κ2) is 11.1. The molecule has 0 bridgehead atoms. The minimum Gasteiger partial charge on any atom is -0.459 e. The predicted octanol–water partition coefficient (Wildman–Crippen LogP) is 3.17. The number of allylic oxidation sites excluding steroid dienone is 1. The lowest BCUT2D eigenvalue weighted by Gasteiger charge is -2.39. The van der Waals surface area contributed by atoms with Crippen LogP contribution in [0.15, 0.2) is 42.2 Å². The number of rotatable bonds is 9. The van der Waals surface area contributed by atoms with Crippen LogP contribution in [0.3, 0.4) is 0 Å². The Balaban J connectivity index is 1.32. The Bertz CT molecular complexity index is 726. The number of ether oxygens (including phenoxy) is 2. The van der Waals surface area contributed by atoms with Gasteiger partial charge in [-0.3, -0.25) is 9.69 Å². The number of aliphatic hydroxyl groups is 1. The van der Waals surface area contributed by atoms with E-state index in [9.17, 15) is 4.79 Å². The molecule has 2 atom stereocenters. The first-order valence-electron chi connectivity index (χ1n) is 11.9. The Kier molecular flexibility index (Phi) is 8.00. The van der Waals surface area contributed by atoms with E-state index in [0.717, 1.165) is 52.0 Å².